The van der Waals surface area contributed by atoms with Crippen LogP contribution in [0, 0.1) is 13.8 Å². The summed E-state index contributed by atoms with van der Waals surface area (Å²) in [6.07, 6.45) is 2.36. The predicted octanol–water partition coefficient (Wildman–Crippen LogP) is 0.532. The van der Waals surface area contributed by atoms with Gasteiger partial charge in [0.2, 0.25) is 0 Å². The predicted molar refractivity (Wildman–Crippen MR) is 152 cm³/mol. The maximum Gasteiger partial charge on any atom is 1.00 e. The topological polar surface area (TPSA) is 204 Å². The molecule has 0 heterocycles. The fourth-order valence-electron chi connectivity index (χ4n) is 3.79. The maximum absolute atomic E-state index is 12.0. The number of aromatic hydroxyl groups is 2. The summed E-state index contributed by atoms with van der Waals surface area (Å²) < 4.78 is 72.1. The van der Waals surface area contributed by atoms with Gasteiger partial charge in [-0.15, -0.1) is 0 Å². The van der Waals surface area contributed by atoms with E-state index in [2.05, 4.69) is 20.5 Å². The van der Waals surface area contributed by atoms with Gasteiger partial charge in [-0.25, -0.2) is 16.8 Å². The quantitative estimate of drug-likeness (QED) is 0.119. The first kappa shape index (κ1) is 37.4. The number of hydrogen-bond acceptors (Lipinski definition) is 12. The average molecular weight is 653 g/mol. The molecule has 0 saturated carbocycles. The number of hydrogen-bond donors (Lipinski definition) is 2. The van der Waals surface area contributed by atoms with E-state index in [-0.39, 0.29) is 93.1 Å². The molecule has 12 nitrogen and oxygen atoms in total. The summed E-state index contributed by atoms with van der Waals surface area (Å²) in [6.45, 7) is 3.38. The summed E-state index contributed by atoms with van der Waals surface area (Å²) in [6, 6.07) is 16.2. The molecule has 0 fully saturated rings. The van der Waals surface area contributed by atoms with Crippen LogP contribution in [0.5, 0.6) is 11.5 Å². The number of phenols is 2. The van der Waals surface area contributed by atoms with Crippen LogP contribution in [0.25, 0.3) is 12.2 Å². The normalized spacial score (nSPS) is 12.0. The third-order valence-corrected chi connectivity index (χ3v) is 7.67. The van der Waals surface area contributed by atoms with Crippen molar-refractivity contribution in [2.24, 2.45) is 20.5 Å². The van der Waals surface area contributed by atoms with Crippen LogP contribution in [0.3, 0.4) is 0 Å². The molecule has 4 aromatic rings. The molecule has 0 saturated heterocycles. The van der Waals surface area contributed by atoms with Gasteiger partial charge in [0.05, 0.1) is 32.5 Å². The first-order chi connectivity index (χ1) is 19.7. The minimum absolute atomic E-state index is 0. The molecular formula is C28H22N4Na2O8S2. The van der Waals surface area contributed by atoms with Crippen molar-refractivity contribution in [1.82, 2.24) is 0 Å². The summed E-state index contributed by atoms with van der Waals surface area (Å²) in [7, 11) is -10.0. The zero-order chi connectivity index (χ0) is 30.7. The Morgan fingerprint density at radius 3 is 1.25 bits per heavy atom. The SMILES string of the molecule is Cc1cc(O)ccc1N=Nc1ccc(C=Cc2ccc(N=Nc3ccc(O)cc3C)cc2S(=O)(=O)[O-])c(S(=O)(=O)[O-])c1.[Na+].[Na+]. The second-order valence-corrected chi connectivity index (χ2v) is 11.7. The molecular weight excluding hydrogens is 630 g/mol. The first-order valence-electron chi connectivity index (χ1n) is 12.0. The van der Waals surface area contributed by atoms with Crippen molar-refractivity contribution in [1.29, 1.82) is 0 Å². The Hall–Kier alpha value is -2.76. The van der Waals surface area contributed by atoms with Gasteiger partial charge in [0.25, 0.3) is 0 Å². The molecule has 0 amide bonds. The van der Waals surface area contributed by atoms with Gasteiger partial charge in [-0.2, -0.15) is 20.5 Å². The largest absolute Gasteiger partial charge is 1.00 e. The molecule has 0 aliphatic rings. The first-order valence-corrected chi connectivity index (χ1v) is 14.8. The van der Waals surface area contributed by atoms with Gasteiger partial charge in [-0.1, -0.05) is 24.3 Å². The zero-order valence-corrected chi connectivity index (χ0v) is 29.7. The van der Waals surface area contributed by atoms with E-state index < -0.39 is 30.0 Å². The Labute approximate surface area is 298 Å². The van der Waals surface area contributed by atoms with Crippen LogP contribution in [0.2, 0.25) is 0 Å². The Balaban J connectivity index is 0.00000337. The third-order valence-electron chi connectivity index (χ3n) is 5.88. The standard InChI is InChI=1S/C28H24N4O8S2.2Na/c1-17-13-23(33)9-11-25(17)31-29-21-7-5-19(27(15-21)41(35,36)37)3-4-20-6-8-22(16-28(20)42(38,39)40)30-32-26-12-10-24(34)14-18(26)2;;/h3-16,33-34H,1-2H3,(H,35,36,37)(H,38,39,40);;/q;2*+1/p-2. The molecule has 44 heavy (non-hydrogen) atoms. The molecule has 0 aliphatic carbocycles. The Bertz CT molecular complexity index is 1860. The van der Waals surface area contributed by atoms with Crippen LogP contribution in [-0.4, -0.2) is 36.2 Å². The summed E-state index contributed by atoms with van der Waals surface area (Å²) in [5, 5.41) is 35.0. The van der Waals surface area contributed by atoms with Gasteiger partial charge < -0.3 is 19.3 Å². The van der Waals surface area contributed by atoms with Crippen LogP contribution in [0.4, 0.5) is 22.7 Å². The zero-order valence-electron chi connectivity index (χ0n) is 24.0. The van der Waals surface area contributed by atoms with Crippen molar-refractivity contribution in [3.63, 3.8) is 0 Å². The van der Waals surface area contributed by atoms with Crippen molar-refractivity contribution >= 4 is 55.1 Å². The van der Waals surface area contributed by atoms with Gasteiger partial charge >= 0.3 is 59.1 Å². The van der Waals surface area contributed by atoms with Gasteiger partial charge in [0.1, 0.15) is 31.7 Å². The number of aryl methyl sites for hydroxylation is 2. The molecule has 0 radical (unpaired) electrons. The Morgan fingerprint density at radius 2 is 0.932 bits per heavy atom. The van der Waals surface area contributed by atoms with E-state index in [1.54, 1.807) is 13.8 Å². The number of benzene rings is 4. The molecule has 2 N–H and O–H groups in total. The second kappa shape index (κ2) is 15.5. The fourth-order valence-corrected chi connectivity index (χ4v) is 5.17. The van der Waals surface area contributed by atoms with Crippen molar-refractivity contribution in [2.75, 3.05) is 0 Å². The third kappa shape index (κ3) is 9.87. The Kier molecular flexibility index (Phi) is 13.2. The molecule has 0 aromatic heterocycles. The molecule has 4 aromatic carbocycles. The molecule has 4 rings (SSSR count). The maximum atomic E-state index is 12.0. The number of azo groups is 2. The van der Waals surface area contributed by atoms with Crippen LogP contribution >= 0.6 is 0 Å². The van der Waals surface area contributed by atoms with Crippen LogP contribution in [-0.2, 0) is 20.2 Å². The van der Waals surface area contributed by atoms with Crippen LogP contribution in [0.1, 0.15) is 22.3 Å². The molecule has 0 spiro atoms. The molecule has 216 valence electrons. The number of phenolic OH excluding ortho intramolecular Hbond substituents is 2. The summed E-state index contributed by atoms with van der Waals surface area (Å²) in [5.74, 6) is 0.0805. The second-order valence-electron chi connectivity index (χ2n) is 9.03. The summed E-state index contributed by atoms with van der Waals surface area (Å²) in [5.41, 5.74) is 2.00. The van der Waals surface area contributed by atoms with Gasteiger partial charge in [-0.05, 0) is 96.8 Å². The van der Waals surface area contributed by atoms with Crippen molar-refractivity contribution in [3.8, 4) is 11.5 Å². The van der Waals surface area contributed by atoms with Crippen molar-refractivity contribution in [2.45, 2.75) is 23.6 Å². The molecule has 0 bridgehead atoms. The minimum atomic E-state index is -5.00. The smallest absolute Gasteiger partial charge is 0.744 e. The van der Waals surface area contributed by atoms with E-state index in [1.165, 1.54) is 72.8 Å². The van der Waals surface area contributed by atoms with E-state index in [4.69, 9.17) is 0 Å². The molecule has 0 atom stereocenters. The van der Waals surface area contributed by atoms with E-state index in [9.17, 15) is 36.2 Å². The van der Waals surface area contributed by atoms with E-state index in [0.29, 0.717) is 22.5 Å². The van der Waals surface area contributed by atoms with Crippen LogP contribution < -0.4 is 59.1 Å². The van der Waals surface area contributed by atoms with Crippen molar-refractivity contribution in [3.05, 3.63) is 95.1 Å². The van der Waals surface area contributed by atoms with E-state index in [1.807, 2.05) is 0 Å². The van der Waals surface area contributed by atoms with Crippen LogP contribution in [0.15, 0.2) is 103 Å². The number of rotatable bonds is 8. The minimum Gasteiger partial charge on any atom is -0.744 e. The van der Waals surface area contributed by atoms with E-state index >= 15 is 0 Å². The number of nitrogens with zero attached hydrogens (tertiary/aromatic N) is 4. The molecule has 16 heteroatoms. The Morgan fingerprint density at radius 1 is 0.568 bits per heavy atom. The average Bonchev–Trinajstić information content (AvgIpc) is 2.90. The van der Waals surface area contributed by atoms with Gasteiger partial charge in [0.15, 0.2) is 0 Å². The van der Waals surface area contributed by atoms with Gasteiger partial charge in [0, 0.05) is 0 Å². The van der Waals surface area contributed by atoms with E-state index in [0.717, 1.165) is 12.1 Å². The van der Waals surface area contributed by atoms with Crippen molar-refractivity contribution < 1.29 is 95.3 Å². The monoisotopic (exact) mass is 652 g/mol. The molecule has 0 aliphatic heterocycles. The summed E-state index contributed by atoms with van der Waals surface area (Å²) in [4.78, 5) is -1.28. The van der Waals surface area contributed by atoms with Gasteiger partial charge in [-0.3, -0.25) is 0 Å². The molecule has 0 unspecified atom stereocenters. The fraction of sp³-hybridized carbons (Fsp3) is 0.0714. The summed E-state index contributed by atoms with van der Waals surface area (Å²) >= 11 is 0.